The van der Waals surface area contributed by atoms with E-state index in [1.807, 2.05) is 18.3 Å². The smallest absolute Gasteiger partial charge is 0.255 e. The number of methoxy groups -OCH3 is 1. The minimum absolute atomic E-state index is 0.172. The lowest BCUT2D eigenvalue weighted by Gasteiger charge is -2.42. The van der Waals surface area contributed by atoms with Crippen LogP contribution in [0.3, 0.4) is 0 Å². The molecule has 3 aliphatic heterocycles. The first-order chi connectivity index (χ1) is 32.5. The zero-order valence-corrected chi connectivity index (χ0v) is 39.6. The van der Waals surface area contributed by atoms with Crippen molar-refractivity contribution >= 4 is 69.7 Å². The highest BCUT2D eigenvalue weighted by molar-refractivity contribution is 7.16. The zero-order chi connectivity index (χ0) is 47.3. The lowest BCUT2D eigenvalue weighted by Crippen LogP contribution is -2.52. The number of ether oxygens (including phenoxy) is 4. The first-order valence-corrected chi connectivity index (χ1v) is 23.8. The fraction of sp³-hybridized carbons (Fsp3) is 0.468. The Labute approximate surface area is 399 Å². The molecule has 1 fully saturated rings. The maximum atomic E-state index is 13.0. The molecule has 4 aromatic rings. The topological polar surface area (TPSA) is 206 Å². The molecule has 20 heteroatoms. The summed E-state index contributed by atoms with van der Waals surface area (Å²) in [4.78, 5) is 79.7. The van der Waals surface area contributed by atoms with E-state index in [0.29, 0.717) is 99.6 Å². The Kier molecular flexibility index (Phi) is 17.5. The molecule has 4 N–H and O–H groups in total. The van der Waals surface area contributed by atoms with E-state index in [0.717, 1.165) is 40.9 Å². The molecule has 2 atom stereocenters. The first-order valence-electron chi connectivity index (χ1n) is 22.6. The lowest BCUT2D eigenvalue weighted by atomic mass is 10.0. The van der Waals surface area contributed by atoms with Crippen molar-refractivity contribution in [3.8, 4) is 5.75 Å². The van der Waals surface area contributed by atoms with Gasteiger partial charge < -0.3 is 49.6 Å². The number of thiophene rings is 1. The number of amides is 5. The summed E-state index contributed by atoms with van der Waals surface area (Å²) in [5.41, 5.74) is 3.95. The van der Waals surface area contributed by atoms with E-state index in [9.17, 15) is 24.0 Å². The average Bonchev–Trinajstić information content (AvgIpc) is 3.89. The number of carbonyl (C=O) groups excluding carboxylic acids is 5. The summed E-state index contributed by atoms with van der Waals surface area (Å²) in [5, 5.41) is 11.3. The number of benzene rings is 2. The Bertz CT molecular complexity index is 2400. The summed E-state index contributed by atoms with van der Waals surface area (Å²) in [6.45, 7) is 7.56. The van der Waals surface area contributed by atoms with Crippen molar-refractivity contribution in [2.24, 2.45) is 0 Å². The van der Waals surface area contributed by atoms with E-state index in [2.05, 4.69) is 51.1 Å². The highest BCUT2D eigenvalue weighted by Gasteiger charge is 2.40. The zero-order valence-electron chi connectivity index (χ0n) is 38.1. The van der Waals surface area contributed by atoms with E-state index >= 15 is 0 Å². The highest BCUT2D eigenvalue weighted by atomic mass is 35.5. The number of halogens is 1. The second kappa shape index (κ2) is 23.8. The van der Waals surface area contributed by atoms with Crippen LogP contribution in [0.25, 0.3) is 0 Å². The van der Waals surface area contributed by atoms with Gasteiger partial charge in [0, 0.05) is 97.9 Å². The molecule has 1 saturated heterocycles. The van der Waals surface area contributed by atoms with E-state index < -0.39 is 11.9 Å². The summed E-state index contributed by atoms with van der Waals surface area (Å²) in [5.74, 6) is 0.562. The molecule has 0 aliphatic carbocycles. The molecule has 3 aliphatic rings. The Morgan fingerprint density at radius 2 is 1.75 bits per heavy atom. The number of hydrogen-bond acceptors (Lipinski definition) is 15. The summed E-state index contributed by atoms with van der Waals surface area (Å²) < 4.78 is 23.3. The van der Waals surface area contributed by atoms with Gasteiger partial charge >= 0.3 is 0 Å². The third-order valence-electron chi connectivity index (χ3n) is 11.8. The molecule has 67 heavy (non-hydrogen) atoms. The third kappa shape index (κ3) is 12.8. The molecule has 18 nitrogen and oxygen atoms in total. The van der Waals surface area contributed by atoms with Gasteiger partial charge in [-0.3, -0.25) is 29.3 Å². The Morgan fingerprint density at radius 1 is 0.970 bits per heavy atom. The van der Waals surface area contributed by atoms with Crippen molar-refractivity contribution in [1.29, 1.82) is 0 Å². The summed E-state index contributed by atoms with van der Waals surface area (Å²) >= 11 is 7.84. The molecular weight excluding hydrogens is 902 g/mol. The van der Waals surface area contributed by atoms with Crippen LogP contribution >= 0.6 is 22.9 Å². The average molecular weight is 961 g/mol. The predicted octanol–water partition coefficient (Wildman–Crippen LogP) is 4.18. The van der Waals surface area contributed by atoms with Crippen molar-refractivity contribution < 1.29 is 42.9 Å². The van der Waals surface area contributed by atoms with Crippen LogP contribution in [-0.2, 0) is 48.1 Å². The van der Waals surface area contributed by atoms with Crippen molar-refractivity contribution in [1.82, 2.24) is 30.8 Å². The van der Waals surface area contributed by atoms with Crippen LogP contribution in [0.2, 0.25) is 4.34 Å². The summed E-state index contributed by atoms with van der Waals surface area (Å²) in [6, 6.07) is 14.1. The number of nitrogens with one attached hydrogen (secondary N) is 4. The number of hydrogen-bond donors (Lipinski definition) is 4. The molecule has 5 amide bonds. The van der Waals surface area contributed by atoms with Gasteiger partial charge in [-0.2, -0.15) is 0 Å². The van der Waals surface area contributed by atoms with Gasteiger partial charge in [-0.25, -0.2) is 9.97 Å². The van der Waals surface area contributed by atoms with Crippen molar-refractivity contribution in [2.75, 3.05) is 95.1 Å². The van der Waals surface area contributed by atoms with Gasteiger partial charge in [0.25, 0.3) is 11.8 Å². The normalized spacial score (nSPS) is 16.8. The minimum atomic E-state index is -0.723. The number of piperidine rings is 1. The van der Waals surface area contributed by atoms with Crippen molar-refractivity contribution in [3.05, 3.63) is 92.0 Å². The standard InChI is InChI=1S/C47H58ClN9O9S/c1-4-32-27-55(2)38-26-51-41(53-44(38)56(32)28-33-10-12-40(48)67-33)25-30-8-9-31(24-39(30)63-3)45(60)50-17-19-65-21-23-66-22-20-64-18-16-49-15-14-43(59)52-36-7-5-6-34-35(36)29-57(47(34)62)37-11-13-42(58)54-46(37)61/h5-10,12,24,26,32,37,49H,4,11,13-23,25,27-29H2,1-3H3,(H,50,60)(H,52,59)(H,54,58,61)/t32-,37?/m1/s1. The number of carbonyl (C=O) groups is 5. The van der Waals surface area contributed by atoms with Crippen LogP contribution in [0.15, 0.2) is 54.7 Å². The number of imide groups is 1. The predicted molar refractivity (Wildman–Crippen MR) is 254 cm³/mol. The second-order valence-corrected chi connectivity index (χ2v) is 18.1. The van der Waals surface area contributed by atoms with Gasteiger partial charge in [-0.1, -0.05) is 30.7 Å². The number of aromatic nitrogens is 2. The maximum Gasteiger partial charge on any atom is 0.255 e. The SMILES string of the molecule is CC[C@@H]1CN(C)c2cnc(Cc3ccc(C(=O)NCCOCCOCCOCCNCCC(=O)Nc4cccc5c4CN(C4CCC(=O)NC4=O)C5=O)cc3OC)nc2N1Cc1ccc(Cl)s1. The van der Waals surface area contributed by atoms with Gasteiger partial charge in [0.2, 0.25) is 17.7 Å². The summed E-state index contributed by atoms with van der Waals surface area (Å²) in [6.07, 6.45) is 3.94. The molecule has 2 aromatic carbocycles. The van der Waals surface area contributed by atoms with Crippen LogP contribution in [0.4, 0.5) is 17.2 Å². The van der Waals surface area contributed by atoms with E-state index in [1.165, 1.54) is 9.78 Å². The Hall–Kier alpha value is -5.70. The van der Waals surface area contributed by atoms with Crippen LogP contribution in [0.1, 0.15) is 75.2 Å². The largest absolute Gasteiger partial charge is 0.496 e. The molecule has 0 spiro atoms. The van der Waals surface area contributed by atoms with Crippen LogP contribution in [-0.4, -0.2) is 136 Å². The number of nitrogens with zero attached hydrogens (tertiary/aromatic N) is 5. The molecule has 7 rings (SSSR count). The molecule has 1 unspecified atom stereocenters. The minimum Gasteiger partial charge on any atom is -0.496 e. The van der Waals surface area contributed by atoms with Gasteiger partial charge in [-0.15, -0.1) is 11.3 Å². The molecule has 5 heterocycles. The maximum absolute atomic E-state index is 13.0. The van der Waals surface area contributed by atoms with E-state index in [4.69, 9.17) is 40.5 Å². The van der Waals surface area contributed by atoms with Crippen LogP contribution in [0, 0.1) is 0 Å². The van der Waals surface area contributed by atoms with Gasteiger partial charge in [0.1, 0.15) is 17.6 Å². The van der Waals surface area contributed by atoms with Crippen LogP contribution in [0.5, 0.6) is 5.75 Å². The number of anilines is 3. The molecule has 0 radical (unpaired) electrons. The molecule has 358 valence electrons. The lowest BCUT2D eigenvalue weighted by molar-refractivity contribution is -0.137. The number of likely N-dealkylation sites (N-methyl/N-ethyl adjacent to an activating group) is 1. The van der Waals surface area contributed by atoms with Crippen molar-refractivity contribution in [3.63, 3.8) is 0 Å². The third-order valence-corrected chi connectivity index (χ3v) is 13.0. The summed E-state index contributed by atoms with van der Waals surface area (Å²) in [7, 11) is 3.66. The fourth-order valence-corrected chi connectivity index (χ4v) is 9.37. The van der Waals surface area contributed by atoms with Gasteiger partial charge in [-0.05, 0) is 49.2 Å². The van der Waals surface area contributed by atoms with E-state index in [1.54, 1.807) is 48.8 Å². The van der Waals surface area contributed by atoms with Crippen molar-refractivity contribution in [2.45, 2.75) is 64.2 Å². The highest BCUT2D eigenvalue weighted by Crippen LogP contribution is 2.37. The Balaban J connectivity index is 0.727. The number of rotatable bonds is 24. The fourth-order valence-electron chi connectivity index (χ4n) is 8.28. The molecular formula is C47H58ClN9O9S. The van der Waals surface area contributed by atoms with E-state index in [-0.39, 0.29) is 55.5 Å². The van der Waals surface area contributed by atoms with Gasteiger partial charge in [0.15, 0.2) is 5.82 Å². The molecule has 2 aromatic heterocycles. The first kappa shape index (κ1) is 49.2. The van der Waals surface area contributed by atoms with Crippen LogP contribution < -0.4 is 35.8 Å². The quantitative estimate of drug-likeness (QED) is 0.0575. The second-order valence-electron chi connectivity index (χ2n) is 16.3. The molecule has 0 saturated carbocycles. The molecule has 0 bridgehead atoms. The number of fused-ring (bicyclic) bond motifs is 2. The van der Waals surface area contributed by atoms with Gasteiger partial charge in [0.05, 0.1) is 69.5 Å². The monoisotopic (exact) mass is 959 g/mol. The Morgan fingerprint density at radius 3 is 2.48 bits per heavy atom.